The Hall–Kier alpha value is -0.280. The van der Waals surface area contributed by atoms with E-state index in [1.165, 1.54) is 38.5 Å². The highest BCUT2D eigenvalue weighted by Gasteiger charge is 2.57. The van der Waals surface area contributed by atoms with Gasteiger partial charge in [0.2, 0.25) is 5.91 Å². The number of carbonyl (C=O) groups is 1. The minimum atomic E-state index is 0. The molecule has 1 unspecified atom stereocenters. The molecule has 0 aromatic rings. The van der Waals surface area contributed by atoms with Crippen molar-refractivity contribution < 1.29 is 4.79 Å². The van der Waals surface area contributed by atoms with E-state index in [1.807, 2.05) is 0 Å². The molecule has 0 radical (unpaired) electrons. The van der Waals surface area contributed by atoms with E-state index in [9.17, 15) is 4.79 Å². The first-order valence-electron chi connectivity index (χ1n) is 9.39. The van der Waals surface area contributed by atoms with Crippen molar-refractivity contribution in [2.75, 3.05) is 19.6 Å². The first-order chi connectivity index (χ1) is 10.4. The molecule has 1 saturated heterocycles. The van der Waals surface area contributed by atoms with Crippen LogP contribution in [0.4, 0.5) is 0 Å². The Morgan fingerprint density at radius 3 is 2.30 bits per heavy atom. The van der Waals surface area contributed by atoms with Crippen LogP contribution in [0.2, 0.25) is 0 Å². The topological polar surface area (TPSA) is 41.1 Å². The first-order valence-corrected chi connectivity index (χ1v) is 9.39. The molecule has 2 saturated carbocycles. The van der Waals surface area contributed by atoms with Crippen LogP contribution in [0, 0.1) is 28.6 Å². The van der Waals surface area contributed by atoms with Crippen molar-refractivity contribution in [1.82, 2.24) is 10.6 Å². The summed E-state index contributed by atoms with van der Waals surface area (Å²) in [6.45, 7) is 10.2. The maximum Gasteiger partial charge on any atom is 0.223 e. The molecule has 1 spiro atoms. The van der Waals surface area contributed by atoms with Gasteiger partial charge in [-0.25, -0.2) is 0 Å². The van der Waals surface area contributed by atoms with Crippen molar-refractivity contribution in [2.45, 2.75) is 65.7 Å². The Bertz CT molecular complexity index is 404. The third kappa shape index (κ3) is 4.42. The van der Waals surface area contributed by atoms with Gasteiger partial charge in [0.1, 0.15) is 0 Å². The predicted molar refractivity (Wildman–Crippen MR) is 97.8 cm³/mol. The summed E-state index contributed by atoms with van der Waals surface area (Å²) in [7, 11) is 0. The molecule has 1 heterocycles. The number of carbonyl (C=O) groups excluding carboxylic acids is 1. The van der Waals surface area contributed by atoms with Crippen molar-refractivity contribution in [2.24, 2.45) is 28.6 Å². The quantitative estimate of drug-likeness (QED) is 0.819. The van der Waals surface area contributed by atoms with E-state index in [0.29, 0.717) is 28.6 Å². The highest BCUT2D eigenvalue weighted by Crippen LogP contribution is 2.58. The maximum absolute atomic E-state index is 12.4. The molecule has 1 aliphatic heterocycles. The van der Waals surface area contributed by atoms with Crippen molar-refractivity contribution in [3.05, 3.63) is 0 Å². The highest BCUT2D eigenvalue weighted by molar-refractivity contribution is 5.85. The molecule has 0 aromatic carbocycles. The molecule has 134 valence electrons. The van der Waals surface area contributed by atoms with Gasteiger partial charge >= 0.3 is 0 Å². The average molecular weight is 343 g/mol. The summed E-state index contributed by atoms with van der Waals surface area (Å²) in [5.41, 5.74) is 0.822. The maximum atomic E-state index is 12.4. The van der Waals surface area contributed by atoms with Gasteiger partial charge in [0.05, 0.1) is 0 Å². The first kappa shape index (κ1) is 19.1. The summed E-state index contributed by atoms with van der Waals surface area (Å²) in [4.78, 5) is 12.4. The Morgan fingerprint density at radius 2 is 1.74 bits per heavy atom. The van der Waals surface area contributed by atoms with Crippen LogP contribution in [0.1, 0.15) is 65.7 Å². The van der Waals surface area contributed by atoms with E-state index in [1.54, 1.807) is 0 Å². The van der Waals surface area contributed by atoms with Crippen molar-refractivity contribution in [1.29, 1.82) is 0 Å². The van der Waals surface area contributed by atoms with E-state index in [-0.39, 0.29) is 12.4 Å². The summed E-state index contributed by atoms with van der Waals surface area (Å²) in [5, 5.41) is 6.69. The minimum absolute atomic E-state index is 0. The second-order valence-electron chi connectivity index (χ2n) is 9.20. The Kier molecular flexibility index (Phi) is 6.05. The zero-order chi connectivity index (χ0) is 15.8. The van der Waals surface area contributed by atoms with Gasteiger partial charge in [-0.05, 0) is 80.7 Å². The fraction of sp³-hybridized carbons (Fsp3) is 0.947. The van der Waals surface area contributed by atoms with Gasteiger partial charge in [-0.15, -0.1) is 12.4 Å². The van der Waals surface area contributed by atoms with Gasteiger partial charge in [-0.1, -0.05) is 20.8 Å². The number of rotatable bonds is 3. The lowest BCUT2D eigenvalue weighted by molar-refractivity contribution is -0.123. The van der Waals surface area contributed by atoms with Crippen LogP contribution in [0.25, 0.3) is 0 Å². The SMILES string of the molecule is CC(C)(C)C1CCC(CNC(=O)C2CC23CCNCC3)CC1.Cl. The van der Waals surface area contributed by atoms with Crippen LogP contribution in [0.5, 0.6) is 0 Å². The number of amides is 1. The number of hydrogen-bond acceptors (Lipinski definition) is 2. The van der Waals surface area contributed by atoms with Crippen LogP contribution < -0.4 is 10.6 Å². The van der Waals surface area contributed by atoms with Crippen molar-refractivity contribution >= 4 is 18.3 Å². The lowest BCUT2D eigenvalue weighted by Gasteiger charge is -2.37. The van der Waals surface area contributed by atoms with Gasteiger partial charge in [0, 0.05) is 12.5 Å². The van der Waals surface area contributed by atoms with E-state index in [0.717, 1.165) is 32.0 Å². The largest absolute Gasteiger partial charge is 0.356 e. The van der Waals surface area contributed by atoms with Crippen LogP contribution in [0.15, 0.2) is 0 Å². The molecule has 23 heavy (non-hydrogen) atoms. The van der Waals surface area contributed by atoms with Crippen LogP contribution in [-0.4, -0.2) is 25.5 Å². The lowest BCUT2D eigenvalue weighted by Crippen LogP contribution is -2.36. The van der Waals surface area contributed by atoms with Crippen LogP contribution in [-0.2, 0) is 4.79 Å². The molecule has 3 fully saturated rings. The van der Waals surface area contributed by atoms with E-state index < -0.39 is 0 Å². The number of halogens is 1. The third-order valence-corrected chi connectivity index (χ3v) is 6.74. The second-order valence-corrected chi connectivity index (χ2v) is 9.20. The molecular formula is C19H35ClN2O. The highest BCUT2D eigenvalue weighted by atomic mass is 35.5. The molecule has 2 aliphatic carbocycles. The second kappa shape index (κ2) is 7.31. The van der Waals surface area contributed by atoms with E-state index in [4.69, 9.17) is 0 Å². The number of nitrogens with one attached hydrogen (secondary N) is 2. The Labute approximate surface area is 148 Å². The molecule has 3 nitrogen and oxygen atoms in total. The summed E-state index contributed by atoms with van der Waals surface area (Å²) in [5.74, 6) is 2.24. The number of hydrogen-bond donors (Lipinski definition) is 2. The summed E-state index contributed by atoms with van der Waals surface area (Å²) in [6.07, 6.45) is 8.79. The zero-order valence-corrected chi connectivity index (χ0v) is 15.9. The van der Waals surface area contributed by atoms with E-state index >= 15 is 0 Å². The van der Waals surface area contributed by atoms with E-state index in [2.05, 4.69) is 31.4 Å². The van der Waals surface area contributed by atoms with Gasteiger partial charge < -0.3 is 10.6 Å². The molecule has 0 aromatic heterocycles. The molecule has 0 bridgehead atoms. The van der Waals surface area contributed by atoms with Crippen LogP contribution in [0.3, 0.4) is 0 Å². The van der Waals surface area contributed by atoms with Crippen molar-refractivity contribution in [3.63, 3.8) is 0 Å². The predicted octanol–water partition coefficient (Wildman–Crippen LogP) is 3.77. The van der Waals surface area contributed by atoms with Gasteiger partial charge in [0.15, 0.2) is 0 Å². The summed E-state index contributed by atoms with van der Waals surface area (Å²) < 4.78 is 0. The van der Waals surface area contributed by atoms with Crippen LogP contribution >= 0.6 is 12.4 Å². The zero-order valence-electron chi connectivity index (χ0n) is 15.1. The summed E-state index contributed by atoms with van der Waals surface area (Å²) in [6, 6.07) is 0. The fourth-order valence-corrected chi connectivity index (χ4v) is 4.80. The number of piperidine rings is 1. The normalized spacial score (nSPS) is 32.9. The molecule has 1 amide bonds. The lowest BCUT2D eigenvalue weighted by atomic mass is 9.70. The molecule has 3 aliphatic rings. The third-order valence-electron chi connectivity index (χ3n) is 6.74. The Morgan fingerprint density at radius 1 is 1.13 bits per heavy atom. The minimum Gasteiger partial charge on any atom is -0.356 e. The average Bonchev–Trinajstić information content (AvgIpc) is 3.18. The molecular weight excluding hydrogens is 308 g/mol. The molecule has 2 N–H and O–H groups in total. The monoisotopic (exact) mass is 342 g/mol. The van der Waals surface area contributed by atoms with Gasteiger partial charge in [0.25, 0.3) is 0 Å². The standard InChI is InChI=1S/C19H34N2O.ClH/c1-18(2,3)15-6-4-14(5-7-15)13-21-17(22)16-12-19(16)8-10-20-11-9-19;/h14-16,20H,4-13H2,1-3H3,(H,21,22);1H. The fourth-order valence-electron chi connectivity index (χ4n) is 4.80. The summed E-state index contributed by atoms with van der Waals surface area (Å²) >= 11 is 0. The van der Waals surface area contributed by atoms with Gasteiger partial charge in [-0.3, -0.25) is 4.79 Å². The Balaban J connectivity index is 0.00000192. The smallest absolute Gasteiger partial charge is 0.223 e. The molecule has 3 rings (SSSR count). The molecule has 4 heteroatoms. The van der Waals surface area contributed by atoms with Gasteiger partial charge in [-0.2, -0.15) is 0 Å². The molecule has 1 atom stereocenters. The van der Waals surface area contributed by atoms with Crippen molar-refractivity contribution in [3.8, 4) is 0 Å².